The standard InChI is InChI=1S/C26H29FN2O3S2/c1-19-8-13-24(16-20(19)2)29(34(3,31)32)17-21-9-11-22(12-10-21)26(30)28-14-15-33-18-23-6-4-5-7-25(23)27/h4-13,16H,14-15,17-18H2,1-3H3,(H,28,30). The molecule has 3 aromatic rings. The van der Waals surface area contributed by atoms with Crippen LogP contribution in [-0.2, 0) is 22.3 Å². The van der Waals surface area contributed by atoms with Crippen molar-refractivity contribution in [3.05, 3.63) is 100 Å². The Balaban J connectivity index is 1.55. The molecule has 0 atom stereocenters. The molecule has 0 bridgehead atoms. The third-order valence-corrected chi connectivity index (χ3v) is 7.62. The Kier molecular flexibility index (Phi) is 8.74. The zero-order valence-corrected chi connectivity index (χ0v) is 21.2. The topological polar surface area (TPSA) is 66.5 Å². The van der Waals surface area contributed by atoms with Crippen molar-refractivity contribution in [3.63, 3.8) is 0 Å². The number of amides is 1. The summed E-state index contributed by atoms with van der Waals surface area (Å²) in [5.74, 6) is 0.796. The molecule has 0 heterocycles. The van der Waals surface area contributed by atoms with Crippen LogP contribution in [0.4, 0.5) is 10.1 Å². The van der Waals surface area contributed by atoms with Crippen LogP contribution in [0.2, 0.25) is 0 Å². The summed E-state index contributed by atoms with van der Waals surface area (Å²) in [6.45, 7) is 4.57. The highest BCUT2D eigenvalue weighted by Crippen LogP contribution is 2.23. The van der Waals surface area contributed by atoms with Crippen LogP contribution in [-0.4, -0.2) is 32.9 Å². The number of rotatable bonds is 10. The van der Waals surface area contributed by atoms with Crippen LogP contribution >= 0.6 is 11.8 Å². The van der Waals surface area contributed by atoms with Crippen molar-refractivity contribution in [3.8, 4) is 0 Å². The second kappa shape index (κ2) is 11.5. The van der Waals surface area contributed by atoms with E-state index < -0.39 is 10.0 Å². The van der Waals surface area contributed by atoms with E-state index in [1.807, 2.05) is 26.0 Å². The Morgan fingerprint density at radius 3 is 2.35 bits per heavy atom. The Bertz CT molecular complexity index is 1250. The molecule has 0 saturated carbocycles. The maximum Gasteiger partial charge on any atom is 0.251 e. The molecular formula is C26H29FN2O3S2. The van der Waals surface area contributed by atoms with E-state index in [1.165, 1.54) is 16.6 Å². The van der Waals surface area contributed by atoms with Gasteiger partial charge >= 0.3 is 0 Å². The molecule has 8 heteroatoms. The quantitative estimate of drug-likeness (QED) is 0.395. The van der Waals surface area contributed by atoms with E-state index in [-0.39, 0.29) is 18.3 Å². The minimum atomic E-state index is -3.48. The first kappa shape index (κ1) is 25.8. The Hall–Kier alpha value is -2.84. The molecule has 0 saturated heterocycles. The van der Waals surface area contributed by atoms with Crippen molar-refractivity contribution in [2.24, 2.45) is 0 Å². The molecule has 3 rings (SSSR count). The van der Waals surface area contributed by atoms with E-state index in [4.69, 9.17) is 0 Å². The first-order valence-electron chi connectivity index (χ1n) is 10.9. The van der Waals surface area contributed by atoms with Crippen molar-refractivity contribution < 1.29 is 17.6 Å². The lowest BCUT2D eigenvalue weighted by Crippen LogP contribution is -2.29. The van der Waals surface area contributed by atoms with E-state index in [2.05, 4.69) is 5.32 Å². The minimum absolute atomic E-state index is 0.177. The number of benzene rings is 3. The van der Waals surface area contributed by atoms with Gasteiger partial charge in [0.25, 0.3) is 5.91 Å². The summed E-state index contributed by atoms with van der Waals surface area (Å²) in [4.78, 5) is 12.4. The van der Waals surface area contributed by atoms with Gasteiger partial charge in [0, 0.05) is 23.6 Å². The predicted octanol–water partition coefficient (Wildman–Crippen LogP) is 5.07. The minimum Gasteiger partial charge on any atom is -0.351 e. The Morgan fingerprint density at radius 1 is 1.00 bits per heavy atom. The molecule has 1 N–H and O–H groups in total. The summed E-state index contributed by atoms with van der Waals surface area (Å²) in [6.07, 6.45) is 1.19. The van der Waals surface area contributed by atoms with Crippen LogP contribution in [0.1, 0.15) is 32.6 Å². The highest BCUT2D eigenvalue weighted by molar-refractivity contribution is 7.98. The van der Waals surface area contributed by atoms with Gasteiger partial charge in [0.1, 0.15) is 5.82 Å². The first-order chi connectivity index (χ1) is 16.1. The zero-order chi connectivity index (χ0) is 24.7. The average molecular weight is 501 g/mol. The highest BCUT2D eigenvalue weighted by Gasteiger charge is 2.18. The molecule has 0 aromatic heterocycles. The van der Waals surface area contributed by atoms with Crippen LogP contribution in [0.15, 0.2) is 66.7 Å². The Morgan fingerprint density at radius 2 is 1.71 bits per heavy atom. The van der Waals surface area contributed by atoms with Gasteiger partial charge in [-0.2, -0.15) is 11.8 Å². The van der Waals surface area contributed by atoms with Crippen molar-refractivity contribution in [2.45, 2.75) is 26.1 Å². The number of carbonyl (C=O) groups is 1. The molecule has 34 heavy (non-hydrogen) atoms. The monoisotopic (exact) mass is 500 g/mol. The van der Waals surface area contributed by atoms with Crippen molar-refractivity contribution in [2.75, 3.05) is 22.9 Å². The van der Waals surface area contributed by atoms with Gasteiger partial charge < -0.3 is 5.32 Å². The van der Waals surface area contributed by atoms with Gasteiger partial charge in [-0.3, -0.25) is 9.10 Å². The predicted molar refractivity (Wildman–Crippen MR) is 138 cm³/mol. The largest absolute Gasteiger partial charge is 0.351 e. The Labute approximate surface area is 205 Å². The van der Waals surface area contributed by atoms with Crippen LogP contribution in [0, 0.1) is 19.7 Å². The number of nitrogens with zero attached hydrogens (tertiary/aromatic N) is 1. The van der Waals surface area contributed by atoms with Gasteiger partial charge in [-0.1, -0.05) is 36.4 Å². The molecule has 0 aliphatic carbocycles. The van der Waals surface area contributed by atoms with E-state index in [1.54, 1.807) is 60.3 Å². The smallest absolute Gasteiger partial charge is 0.251 e. The van der Waals surface area contributed by atoms with E-state index >= 15 is 0 Å². The van der Waals surface area contributed by atoms with Gasteiger partial charge in [0.15, 0.2) is 0 Å². The molecule has 3 aromatic carbocycles. The summed E-state index contributed by atoms with van der Waals surface area (Å²) in [7, 11) is -3.48. The molecule has 0 radical (unpaired) electrons. The molecule has 0 aliphatic rings. The molecule has 1 amide bonds. The summed E-state index contributed by atoms with van der Waals surface area (Å²) >= 11 is 1.55. The number of sulfonamides is 1. The van der Waals surface area contributed by atoms with Crippen LogP contribution in [0.3, 0.4) is 0 Å². The molecule has 0 spiro atoms. The second-order valence-electron chi connectivity index (χ2n) is 8.14. The fourth-order valence-electron chi connectivity index (χ4n) is 3.34. The SMILES string of the molecule is Cc1ccc(N(Cc2ccc(C(=O)NCCSCc3ccccc3F)cc2)S(C)(=O)=O)cc1C. The van der Waals surface area contributed by atoms with Crippen molar-refractivity contribution in [1.29, 1.82) is 0 Å². The number of halogens is 1. The number of thioether (sulfide) groups is 1. The third-order valence-electron chi connectivity index (χ3n) is 5.47. The zero-order valence-electron chi connectivity index (χ0n) is 19.5. The van der Waals surface area contributed by atoms with Crippen molar-refractivity contribution in [1.82, 2.24) is 5.32 Å². The van der Waals surface area contributed by atoms with Gasteiger partial charge in [-0.25, -0.2) is 12.8 Å². The first-order valence-corrected chi connectivity index (χ1v) is 13.9. The summed E-state index contributed by atoms with van der Waals surface area (Å²) < 4.78 is 39.9. The lowest BCUT2D eigenvalue weighted by molar-refractivity contribution is 0.0956. The van der Waals surface area contributed by atoms with Crippen LogP contribution in [0.5, 0.6) is 0 Å². The summed E-state index contributed by atoms with van der Waals surface area (Å²) in [6, 6.07) is 19.2. The van der Waals surface area contributed by atoms with E-state index in [9.17, 15) is 17.6 Å². The molecule has 0 fully saturated rings. The van der Waals surface area contributed by atoms with Crippen LogP contribution in [0.25, 0.3) is 0 Å². The number of hydrogen-bond donors (Lipinski definition) is 1. The normalized spacial score (nSPS) is 11.3. The van der Waals surface area contributed by atoms with Crippen molar-refractivity contribution >= 4 is 33.4 Å². The molecule has 0 aliphatic heterocycles. The number of carbonyl (C=O) groups excluding carboxylic acids is 1. The fourth-order valence-corrected chi connectivity index (χ4v) is 5.07. The van der Waals surface area contributed by atoms with Gasteiger partial charge in [-0.05, 0) is 66.4 Å². The number of anilines is 1. The van der Waals surface area contributed by atoms with E-state index in [0.29, 0.717) is 34.9 Å². The van der Waals surface area contributed by atoms with Gasteiger partial charge in [-0.15, -0.1) is 0 Å². The lowest BCUT2D eigenvalue weighted by Gasteiger charge is -2.23. The second-order valence-corrected chi connectivity index (χ2v) is 11.1. The highest BCUT2D eigenvalue weighted by atomic mass is 32.2. The summed E-state index contributed by atoms with van der Waals surface area (Å²) in [5, 5.41) is 2.86. The molecule has 0 unspecified atom stereocenters. The molecule has 5 nitrogen and oxygen atoms in total. The fraction of sp³-hybridized carbons (Fsp3) is 0.269. The van der Waals surface area contributed by atoms with Gasteiger partial charge in [0.05, 0.1) is 18.5 Å². The average Bonchev–Trinajstić information content (AvgIpc) is 2.80. The molecular weight excluding hydrogens is 471 g/mol. The number of nitrogens with one attached hydrogen (secondary N) is 1. The maximum atomic E-state index is 13.6. The maximum absolute atomic E-state index is 13.6. The lowest BCUT2D eigenvalue weighted by atomic mass is 10.1. The summed E-state index contributed by atoms with van der Waals surface area (Å²) in [5.41, 5.74) is 4.66. The van der Waals surface area contributed by atoms with Gasteiger partial charge in [0.2, 0.25) is 10.0 Å². The number of aryl methyl sites for hydroxylation is 2. The number of hydrogen-bond acceptors (Lipinski definition) is 4. The third kappa shape index (κ3) is 7.08. The molecule has 180 valence electrons. The van der Waals surface area contributed by atoms with Crippen LogP contribution < -0.4 is 9.62 Å². The van der Waals surface area contributed by atoms with E-state index in [0.717, 1.165) is 16.7 Å².